The molecule has 2 nitrogen and oxygen atoms in total. The summed E-state index contributed by atoms with van der Waals surface area (Å²) in [5.41, 5.74) is 4.00. The van der Waals surface area contributed by atoms with Gasteiger partial charge < -0.3 is 9.52 Å². The van der Waals surface area contributed by atoms with Crippen molar-refractivity contribution >= 4 is 22.6 Å². The van der Waals surface area contributed by atoms with Gasteiger partial charge in [-0.1, -0.05) is 35.4 Å². The lowest BCUT2D eigenvalue weighted by Crippen LogP contribution is -2.01. The largest absolute Gasteiger partial charge is 0.458 e. The Hall–Kier alpha value is -1.77. The van der Waals surface area contributed by atoms with E-state index in [2.05, 4.69) is 0 Å². The first kappa shape index (κ1) is 14.2. The third-order valence-electron chi connectivity index (χ3n) is 3.64. The van der Waals surface area contributed by atoms with Crippen LogP contribution in [0.25, 0.3) is 11.0 Å². The van der Waals surface area contributed by atoms with E-state index in [-0.39, 0.29) is 0 Å². The first-order valence-corrected chi connectivity index (χ1v) is 7.34. The molecule has 0 radical (unpaired) electrons. The molecule has 0 saturated heterocycles. The predicted molar refractivity (Wildman–Crippen MR) is 85.8 cm³/mol. The monoisotopic (exact) mass is 300 g/mol. The zero-order valence-electron chi connectivity index (χ0n) is 12.1. The van der Waals surface area contributed by atoms with E-state index >= 15 is 0 Å². The fraction of sp³-hybridized carbons (Fsp3) is 0.222. The number of benzene rings is 2. The highest BCUT2D eigenvalue weighted by atomic mass is 35.5. The second-order valence-corrected chi connectivity index (χ2v) is 5.91. The molecule has 0 aliphatic heterocycles. The van der Waals surface area contributed by atoms with Crippen LogP contribution in [0.15, 0.2) is 46.9 Å². The maximum Gasteiger partial charge on any atom is 0.134 e. The molecule has 1 atom stereocenters. The lowest BCUT2D eigenvalue weighted by atomic mass is 10.0. The maximum atomic E-state index is 10.4. The van der Waals surface area contributed by atoms with Crippen molar-refractivity contribution in [3.05, 3.63) is 69.9 Å². The SMILES string of the molecule is Cc1ccc(CC(O)c2cc3cc(C)ccc3o2)c(Cl)c1. The highest BCUT2D eigenvalue weighted by Crippen LogP contribution is 2.29. The zero-order valence-corrected chi connectivity index (χ0v) is 12.8. The van der Waals surface area contributed by atoms with Gasteiger partial charge in [0, 0.05) is 16.8 Å². The van der Waals surface area contributed by atoms with Crippen LogP contribution in [0.4, 0.5) is 0 Å². The van der Waals surface area contributed by atoms with E-state index in [1.54, 1.807) is 0 Å². The van der Waals surface area contributed by atoms with E-state index in [1.807, 2.05) is 56.3 Å². The van der Waals surface area contributed by atoms with Gasteiger partial charge in [0.05, 0.1) is 0 Å². The minimum Gasteiger partial charge on any atom is -0.458 e. The number of hydrogen-bond acceptors (Lipinski definition) is 2. The lowest BCUT2D eigenvalue weighted by molar-refractivity contribution is 0.152. The lowest BCUT2D eigenvalue weighted by Gasteiger charge is -2.09. The number of fused-ring (bicyclic) bond motifs is 1. The van der Waals surface area contributed by atoms with Gasteiger partial charge in [0.25, 0.3) is 0 Å². The average molecular weight is 301 g/mol. The van der Waals surface area contributed by atoms with E-state index < -0.39 is 6.10 Å². The number of aliphatic hydroxyl groups excluding tert-OH is 1. The topological polar surface area (TPSA) is 33.4 Å². The van der Waals surface area contributed by atoms with Gasteiger partial charge in [-0.05, 0) is 49.2 Å². The van der Waals surface area contributed by atoms with Crippen molar-refractivity contribution in [3.63, 3.8) is 0 Å². The molecular formula is C18H17ClO2. The quantitative estimate of drug-likeness (QED) is 0.740. The zero-order chi connectivity index (χ0) is 15.0. The van der Waals surface area contributed by atoms with Crippen molar-refractivity contribution in [3.8, 4) is 0 Å². The fourth-order valence-corrected chi connectivity index (χ4v) is 2.79. The molecule has 0 amide bonds. The first-order chi connectivity index (χ1) is 10.0. The van der Waals surface area contributed by atoms with Gasteiger partial charge in [0.15, 0.2) is 0 Å². The summed E-state index contributed by atoms with van der Waals surface area (Å²) in [6.45, 7) is 4.03. The first-order valence-electron chi connectivity index (χ1n) is 6.96. The third-order valence-corrected chi connectivity index (χ3v) is 3.99. The number of furan rings is 1. The molecule has 108 valence electrons. The summed E-state index contributed by atoms with van der Waals surface area (Å²) in [4.78, 5) is 0. The van der Waals surface area contributed by atoms with Crippen LogP contribution in [0.5, 0.6) is 0 Å². The van der Waals surface area contributed by atoms with Crippen molar-refractivity contribution in [2.75, 3.05) is 0 Å². The maximum absolute atomic E-state index is 10.4. The average Bonchev–Trinajstić information content (AvgIpc) is 2.85. The van der Waals surface area contributed by atoms with Crippen LogP contribution in [0.2, 0.25) is 5.02 Å². The van der Waals surface area contributed by atoms with Crippen LogP contribution in [0, 0.1) is 13.8 Å². The molecule has 0 saturated carbocycles. The number of halogens is 1. The highest BCUT2D eigenvalue weighted by Gasteiger charge is 2.15. The summed E-state index contributed by atoms with van der Waals surface area (Å²) in [5, 5.41) is 12.1. The van der Waals surface area contributed by atoms with E-state index in [4.69, 9.17) is 16.0 Å². The molecular weight excluding hydrogens is 284 g/mol. The summed E-state index contributed by atoms with van der Waals surface area (Å²) in [6.07, 6.45) is -0.254. The molecule has 2 aromatic carbocycles. The van der Waals surface area contributed by atoms with Crippen LogP contribution < -0.4 is 0 Å². The third kappa shape index (κ3) is 2.97. The molecule has 1 N–H and O–H groups in total. The highest BCUT2D eigenvalue weighted by molar-refractivity contribution is 6.31. The smallest absolute Gasteiger partial charge is 0.134 e. The van der Waals surface area contributed by atoms with Gasteiger partial charge in [0.1, 0.15) is 17.4 Å². The molecule has 0 spiro atoms. The van der Waals surface area contributed by atoms with E-state index in [0.29, 0.717) is 17.2 Å². The van der Waals surface area contributed by atoms with Crippen LogP contribution in [-0.2, 0) is 6.42 Å². The van der Waals surface area contributed by atoms with Crippen LogP contribution in [0.1, 0.15) is 28.6 Å². The minimum absolute atomic E-state index is 0.442. The van der Waals surface area contributed by atoms with Crippen LogP contribution in [-0.4, -0.2) is 5.11 Å². The molecule has 21 heavy (non-hydrogen) atoms. The molecule has 1 unspecified atom stereocenters. The molecule has 0 bridgehead atoms. The Morgan fingerprint density at radius 2 is 1.76 bits per heavy atom. The summed E-state index contributed by atoms with van der Waals surface area (Å²) >= 11 is 6.22. The standard InChI is InChI=1S/C18H17ClO2/c1-11-4-6-17-14(7-11)10-18(21-17)16(20)9-13-5-3-12(2)8-15(13)19/h3-8,10,16,20H,9H2,1-2H3. The normalized spacial score (nSPS) is 12.8. The van der Waals surface area contributed by atoms with Crippen molar-refractivity contribution < 1.29 is 9.52 Å². The summed E-state index contributed by atoms with van der Waals surface area (Å²) in [5.74, 6) is 0.576. The van der Waals surface area contributed by atoms with Gasteiger partial charge in [-0.2, -0.15) is 0 Å². The van der Waals surface area contributed by atoms with E-state index in [9.17, 15) is 5.11 Å². The van der Waals surface area contributed by atoms with Gasteiger partial charge in [-0.25, -0.2) is 0 Å². The Labute approximate surface area is 129 Å². The summed E-state index contributed by atoms with van der Waals surface area (Å²) in [7, 11) is 0. The second-order valence-electron chi connectivity index (χ2n) is 5.50. The Kier molecular flexibility index (Phi) is 3.75. The van der Waals surface area contributed by atoms with Crippen molar-refractivity contribution in [1.29, 1.82) is 0 Å². The molecule has 0 aliphatic carbocycles. The Bertz CT molecular complexity index is 789. The van der Waals surface area contributed by atoms with Gasteiger partial charge in [-0.15, -0.1) is 0 Å². The van der Waals surface area contributed by atoms with Gasteiger partial charge in [-0.3, -0.25) is 0 Å². The Balaban J connectivity index is 1.87. The summed E-state index contributed by atoms with van der Waals surface area (Å²) in [6, 6.07) is 13.7. The predicted octanol–water partition coefficient (Wildman–Crippen LogP) is 4.98. The molecule has 3 rings (SSSR count). The number of hydrogen-bond donors (Lipinski definition) is 1. The second kappa shape index (κ2) is 5.55. The Morgan fingerprint density at radius 3 is 2.52 bits per heavy atom. The number of aryl methyl sites for hydroxylation is 2. The van der Waals surface area contributed by atoms with E-state index in [0.717, 1.165) is 22.1 Å². The molecule has 3 heteroatoms. The molecule has 1 aromatic heterocycles. The van der Waals surface area contributed by atoms with Gasteiger partial charge >= 0.3 is 0 Å². The minimum atomic E-state index is -0.696. The van der Waals surface area contributed by atoms with Crippen LogP contribution in [0.3, 0.4) is 0 Å². The Morgan fingerprint density at radius 1 is 1.05 bits per heavy atom. The molecule has 0 fully saturated rings. The fourth-order valence-electron chi connectivity index (χ4n) is 2.47. The van der Waals surface area contributed by atoms with E-state index in [1.165, 1.54) is 5.56 Å². The van der Waals surface area contributed by atoms with Crippen molar-refractivity contribution in [2.24, 2.45) is 0 Å². The van der Waals surface area contributed by atoms with Crippen LogP contribution >= 0.6 is 11.6 Å². The number of rotatable bonds is 3. The molecule has 0 aliphatic rings. The summed E-state index contributed by atoms with van der Waals surface area (Å²) < 4.78 is 5.73. The molecule has 1 heterocycles. The molecule has 3 aromatic rings. The number of aliphatic hydroxyl groups is 1. The van der Waals surface area contributed by atoms with Crippen molar-refractivity contribution in [1.82, 2.24) is 0 Å². The van der Waals surface area contributed by atoms with Gasteiger partial charge in [0.2, 0.25) is 0 Å². The van der Waals surface area contributed by atoms with Crippen molar-refractivity contribution in [2.45, 2.75) is 26.4 Å².